The lowest BCUT2D eigenvalue weighted by molar-refractivity contribution is -0.141. The zero-order valence-electron chi connectivity index (χ0n) is 9.83. The minimum Gasteiger partial charge on any atom is -0.480 e. The first-order valence-corrected chi connectivity index (χ1v) is 6.14. The number of carbonyl (C=O) groups is 1. The summed E-state index contributed by atoms with van der Waals surface area (Å²) in [7, 11) is 0. The van der Waals surface area contributed by atoms with Crippen LogP contribution in [-0.4, -0.2) is 23.2 Å². The maximum Gasteiger partial charge on any atom is 0.320 e. The predicted octanol–water partition coefficient (Wildman–Crippen LogP) is 2.41. The van der Waals surface area contributed by atoms with Crippen molar-refractivity contribution in [2.75, 3.05) is 0 Å². The average molecular weight is 213 g/mol. The Morgan fingerprint density at radius 3 is 2.47 bits per heavy atom. The molecule has 1 aliphatic rings. The molecule has 0 saturated heterocycles. The van der Waals surface area contributed by atoms with Crippen LogP contribution in [0.15, 0.2) is 0 Å². The number of hydrogen-bond donors (Lipinski definition) is 2. The van der Waals surface area contributed by atoms with E-state index in [0.29, 0.717) is 12.0 Å². The Morgan fingerprint density at radius 2 is 2.00 bits per heavy atom. The average Bonchev–Trinajstić information content (AvgIpc) is 2.26. The Bertz CT molecular complexity index is 200. The SMILES string of the molecule is CCC(C)NC(C(=O)O)C1CCCCC1. The lowest BCUT2D eigenvalue weighted by Gasteiger charge is -2.30. The molecule has 88 valence electrons. The molecule has 2 atom stereocenters. The molecule has 1 saturated carbocycles. The van der Waals surface area contributed by atoms with Crippen molar-refractivity contribution >= 4 is 5.97 Å². The van der Waals surface area contributed by atoms with Crippen molar-refractivity contribution in [3.8, 4) is 0 Å². The van der Waals surface area contributed by atoms with Crippen LogP contribution in [0.3, 0.4) is 0 Å². The first kappa shape index (κ1) is 12.5. The quantitative estimate of drug-likeness (QED) is 0.737. The zero-order chi connectivity index (χ0) is 11.3. The highest BCUT2D eigenvalue weighted by molar-refractivity contribution is 5.73. The molecular formula is C12H23NO2. The smallest absolute Gasteiger partial charge is 0.320 e. The van der Waals surface area contributed by atoms with E-state index in [0.717, 1.165) is 19.3 Å². The molecule has 0 heterocycles. The number of hydrogen-bond acceptors (Lipinski definition) is 2. The second-order valence-corrected chi connectivity index (χ2v) is 4.69. The molecule has 15 heavy (non-hydrogen) atoms. The van der Waals surface area contributed by atoms with E-state index in [1.165, 1.54) is 19.3 Å². The highest BCUT2D eigenvalue weighted by Crippen LogP contribution is 2.26. The highest BCUT2D eigenvalue weighted by atomic mass is 16.4. The summed E-state index contributed by atoms with van der Waals surface area (Å²) in [6.45, 7) is 4.14. The summed E-state index contributed by atoms with van der Waals surface area (Å²) in [5.74, 6) is -0.340. The van der Waals surface area contributed by atoms with Gasteiger partial charge in [0.2, 0.25) is 0 Å². The molecule has 1 aliphatic carbocycles. The first-order chi connectivity index (χ1) is 7.15. The molecule has 0 aromatic carbocycles. The van der Waals surface area contributed by atoms with E-state index in [9.17, 15) is 9.90 Å². The topological polar surface area (TPSA) is 49.3 Å². The standard InChI is InChI=1S/C12H23NO2/c1-3-9(2)13-11(12(14)15)10-7-5-4-6-8-10/h9-11,13H,3-8H2,1-2H3,(H,14,15). The first-order valence-electron chi connectivity index (χ1n) is 6.14. The third kappa shape index (κ3) is 3.82. The second-order valence-electron chi connectivity index (χ2n) is 4.69. The number of aliphatic carboxylic acids is 1. The lowest BCUT2D eigenvalue weighted by atomic mass is 9.83. The van der Waals surface area contributed by atoms with Crippen LogP contribution in [0.1, 0.15) is 52.4 Å². The van der Waals surface area contributed by atoms with Crippen molar-refractivity contribution in [1.29, 1.82) is 0 Å². The fourth-order valence-corrected chi connectivity index (χ4v) is 2.30. The van der Waals surface area contributed by atoms with E-state index in [-0.39, 0.29) is 6.04 Å². The van der Waals surface area contributed by atoms with Crippen molar-refractivity contribution in [3.63, 3.8) is 0 Å². The van der Waals surface area contributed by atoms with Gasteiger partial charge in [-0.05, 0) is 32.1 Å². The Balaban J connectivity index is 2.51. The van der Waals surface area contributed by atoms with Gasteiger partial charge in [0.15, 0.2) is 0 Å². The maximum atomic E-state index is 11.2. The summed E-state index contributed by atoms with van der Waals surface area (Å²) < 4.78 is 0. The van der Waals surface area contributed by atoms with Crippen LogP contribution in [0.2, 0.25) is 0 Å². The van der Waals surface area contributed by atoms with Crippen LogP contribution < -0.4 is 5.32 Å². The highest BCUT2D eigenvalue weighted by Gasteiger charge is 2.29. The van der Waals surface area contributed by atoms with Gasteiger partial charge in [0.1, 0.15) is 6.04 Å². The van der Waals surface area contributed by atoms with Gasteiger partial charge in [-0.15, -0.1) is 0 Å². The molecule has 1 fully saturated rings. The van der Waals surface area contributed by atoms with E-state index in [1.54, 1.807) is 0 Å². The summed E-state index contributed by atoms with van der Waals surface area (Å²) in [4.78, 5) is 11.2. The molecule has 3 heteroatoms. The van der Waals surface area contributed by atoms with E-state index >= 15 is 0 Å². The molecule has 0 radical (unpaired) electrons. The van der Waals surface area contributed by atoms with Crippen molar-refractivity contribution in [1.82, 2.24) is 5.32 Å². The summed E-state index contributed by atoms with van der Waals surface area (Å²) in [6.07, 6.45) is 6.77. The zero-order valence-corrected chi connectivity index (χ0v) is 9.83. The van der Waals surface area contributed by atoms with Gasteiger partial charge in [-0.3, -0.25) is 4.79 Å². The largest absolute Gasteiger partial charge is 0.480 e. The van der Waals surface area contributed by atoms with Crippen molar-refractivity contribution in [3.05, 3.63) is 0 Å². The molecule has 2 unspecified atom stereocenters. The van der Waals surface area contributed by atoms with Gasteiger partial charge in [0.25, 0.3) is 0 Å². The van der Waals surface area contributed by atoms with Crippen LogP contribution in [0.5, 0.6) is 0 Å². The van der Waals surface area contributed by atoms with Crippen molar-refractivity contribution in [2.24, 2.45) is 5.92 Å². The number of nitrogens with one attached hydrogen (secondary N) is 1. The van der Waals surface area contributed by atoms with Gasteiger partial charge in [-0.1, -0.05) is 26.2 Å². The Kier molecular flexibility index (Phi) is 5.09. The maximum absolute atomic E-state index is 11.2. The fraction of sp³-hybridized carbons (Fsp3) is 0.917. The number of carboxylic acids is 1. The van der Waals surface area contributed by atoms with Crippen LogP contribution in [0.4, 0.5) is 0 Å². The van der Waals surface area contributed by atoms with Crippen LogP contribution in [0.25, 0.3) is 0 Å². The minimum atomic E-state index is -0.679. The van der Waals surface area contributed by atoms with Crippen LogP contribution in [-0.2, 0) is 4.79 Å². The molecule has 0 aliphatic heterocycles. The molecule has 0 amide bonds. The monoisotopic (exact) mass is 213 g/mol. The molecular weight excluding hydrogens is 190 g/mol. The summed E-state index contributed by atoms with van der Waals surface area (Å²) in [5.41, 5.74) is 0. The van der Waals surface area contributed by atoms with Gasteiger partial charge < -0.3 is 10.4 Å². The number of rotatable bonds is 5. The van der Waals surface area contributed by atoms with Crippen LogP contribution in [0, 0.1) is 5.92 Å². The van der Waals surface area contributed by atoms with E-state index in [1.807, 2.05) is 0 Å². The normalized spacial score (nSPS) is 22.3. The Morgan fingerprint density at radius 1 is 1.40 bits per heavy atom. The third-order valence-corrected chi connectivity index (χ3v) is 3.46. The molecule has 0 spiro atoms. The van der Waals surface area contributed by atoms with E-state index < -0.39 is 5.97 Å². The number of carboxylic acid groups (broad SMARTS) is 1. The van der Waals surface area contributed by atoms with Crippen LogP contribution >= 0.6 is 0 Å². The van der Waals surface area contributed by atoms with Gasteiger partial charge in [-0.25, -0.2) is 0 Å². The summed E-state index contributed by atoms with van der Waals surface area (Å²) in [5, 5.41) is 12.4. The fourth-order valence-electron chi connectivity index (χ4n) is 2.30. The lowest BCUT2D eigenvalue weighted by Crippen LogP contribution is -2.47. The van der Waals surface area contributed by atoms with E-state index in [4.69, 9.17) is 0 Å². The van der Waals surface area contributed by atoms with Crippen molar-refractivity contribution < 1.29 is 9.90 Å². The Labute approximate surface area is 92.3 Å². The molecule has 0 bridgehead atoms. The second kappa shape index (κ2) is 6.11. The molecule has 0 aromatic heterocycles. The minimum absolute atomic E-state index is 0.299. The molecule has 2 N–H and O–H groups in total. The predicted molar refractivity (Wildman–Crippen MR) is 60.9 cm³/mol. The van der Waals surface area contributed by atoms with E-state index in [2.05, 4.69) is 19.2 Å². The molecule has 3 nitrogen and oxygen atoms in total. The third-order valence-electron chi connectivity index (χ3n) is 3.46. The van der Waals surface area contributed by atoms with Gasteiger partial charge in [0, 0.05) is 6.04 Å². The molecule has 1 rings (SSSR count). The van der Waals surface area contributed by atoms with Gasteiger partial charge in [0.05, 0.1) is 0 Å². The summed E-state index contributed by atoms with van der Waals surface area (Å²) >= 11 is 0. The van der Waals surface area contributed by atoms with Crippen molar-refractivity contribution in [2.45, 2.75) is 64.5 Å². The Hall–Kier alpha value is -0.570. The summed E-state index contributed by atoms with van der Waals surface area (Å²) in [6, 6.07) is -0.0340. The van der Waals surface area contributed by atoms with Gasteiger partial charge in [-0.2, -0.15) is 0 Å². The van der Waals surface area contributed by atoms with Gasteiger partial charge >= 0.3 is 5.97 Å². The molecule has 0 aromatic rings.